The van der Waals surface area contributed by atoms with Crippen LogP contribution >= 0.6 is 0 Å². The molecule has 28 heavy (non-hydrogen) atoms. The van der Waals surface area contributed by atoms with Crippen molar-refractivity contribution in [2.75, 3.05) is 13.2 Å². The van der Waals surface area contributed by atoms with Crippen LogP contribution in [0.25, 0.3) is 0 Å². The van der Waals surface area contributed by atoms with Gasteiger partial charge in [0.05, 0.1) is 6.10 Å². The van der Waals surface area contributed by atoms with Gasteiger partial charge in [-0.3, -0.25) is 4.79 Å². The largest absolute Gasteiger partial charge is 0.364 e. The van der Waals surface area contributed by atoms with Gasteiger partial charge >= 0.3 is 0 Å². The van der Waals surface area contributed by atoms with Crippen molar-refractivity contribution in [3.8, 4) is 0 Å². The summed E-state index contributed by atoms with van der Waals surface area (Å²) in [5.74, 6) is 1.88. The molecule has 1 unspecified atom stereocenters. The predicted octanol–water partition coefficient (Wildman–Crippen LogP) is 6.67. The summed E-state index contributed by atoms with van der Waals surface area (Å²) < 4.78 is 6.19. The van der Waals surface area contributed by atoms with E-state index >= 15 is 0 Å². The van der Waals surface area contributed by atoms with Crippen LogP contribution in [0.3, 0.4) is 0 Å². The van der Waals surface area contributed by atoms with E-state index in [1.165, 1.54) is 56.9 Å². The molecule has 0 aromatic heterocycles. The van der Waals surface area contributed by atoms with Gasteiger partial charge in [-0.2, -0.15) is 0 Å². The molecule has 0 aromatic carbocycles. The average Bonchev–Trinajstić information content (AvgIpc) is 2.59. The standard InChI is InChI=1S/C25H47NO2/c1-19(2)14-10-7-8-13-17-26-24(27)18-28-23-16-12-9-11-15-22(20(3)4)25(23)21(5)6/h19-21,23H,7-18H2,1-6H3,(H,26,27)/b25-22+. The Morgan fingerprint density at radius 3 is 2.32 bits per heavy atom. The summed E-state index contributed by atoms with van der Waals surface area (Å²) in [5.41, 5.74) is 3.04. The molecule has 1 amide bonds. The Balaban J connectivity index is 2.44. The second-order valence-electron chi connectivity index (χ2n) is 9.64. The van der Waals surface area contributed by atoms with Crippen LogP contribution in [0, 0.1) is 17.8 Å². The lowest BCUT2D eigenvalue weighted by Gasteiger charge is -2.31. The van der Waals surface area contributed by atoms with E-state index in [0.29, 0.717) is 11.8 Å². The highest BCUT2D eigenvalue weighted by Gasteiger charge is 2.25. The molecular weight excluding hydrogens is 346 g/mol. The van der Waals surface area contributed by atoms with Crippen LogP contribution in [0.2, 0.25) is 0 Å². The molecule has 0 saturated carbocycles. The number of ether oxygens (including phenoxy) is 1. The molecule has 0 radical (unpaired) electrons. The van der Waals surface area contributed by atoms with E-state index in [4.69, 9.17) is 4.74 Å². The second kappa shape index (κ2) is 14.2. The number of allylic oxidation sites excluding steroid dienone is 1. The van der Waals surface area contributed by atoms with Gasteiger partial charge in [-0.1, -0.05) is 85.6 Å². The van der Waals surface area contributed by atoms with Gasteiger partial charge in [-0.25, -0.2) is 0 Å². The van der Waals surface area contributed by atoms with E-state index in [-0.39, 0.29) is 18.6 Å². The van der Waals surface area contributed by atoms with E-state index in [1.54, 1.807) is 5.57 Å². The van der Waals surface area contributed by atoms with Crippen LogP contribution in [0.5, 0.6) is 0 Å². The van der Waals surface area contributed by atoms with Crippen LogP contribution in [0.4, 0.5) is 0 Å². The third kappa shape index (κ3) is 10.1. The number of amides is 1. The van der Waals surface area contributed by atoms with Crippen LogP contribution in [-0.2, 0) is 9.53 Å². The number of carbonyl (C=O) groups excluding carboxylic acids is 1. The third-order valence-corrected chi connectivity index (χ3v) is 5.90. The zero-order valence-electron chi connectivity index (χ0n) is 19.6. The van der Waals surface area contributed by atoms with Crippen molar-refractivity contribution in [2.45, 2.75) is 112 Å². The maximum atomic E-state index is 12.3. The lowest BCUT2D eigenvalue weighted by molar-refractivity contribution is -0.127. The fourth-order valence-electron chi connectivity index (χ4n) is 4.35. The molecule has 1 aliphatic rings. The Morgan fingerprint density at radius 1 is 0.964 bits per heavy atom. The topological polar surface area (TPSA) is 38.3 Å². The second-order valence-corrected chi connectivity index (χ2v) is 9.64. The highest BCUT2D eigenvalue weighted by molar-refractivity contribution is 5.77. The summed E-state index contributed by atoms with van der Waals surface area (Å²) in [6.45, 7) is 14.7. The molecule has 0 aliphatic heterocycles. The van der Waals surface area contributed by atoms with Crippen LogP contribution < -0.4 is 5.32 Å². The summed E-state index contributed by atoms with van der Waals surface area (Å²) in [4.78, 5) is 12.3. The number of hydrogen-bond donors (Lipinski definition) is 1. The number of unbranched alkanes of at least 4 members (excludes halogenated alkanes) is 3. The zero-order valence-corrected chi connectivity index (χ0v) is 19.6. The molecule has 0 aromatic rings. The van der Waals surface area contributed by atoms with Crippen molar-refractivity contribution in [3.63, 3.8) is 0 Å². The fourth-order valence-corrected chi connectivity index (χ4v) is 4.35. The summed E-state index contributed by atoms with van der Waals surface area (Å²) in [6.07, 6.45) is 12.3. The maximum absolute atomic E-state index is 12.3. The van der Waals surface area contributed by atoms with Gasteiger partial charge in [0.2, 0.25) is 5.91 Å². The van der Waals surface area contributed by atoms with Gasteiger partial charge in [-0.05, 0) is 49.0 Å². The SMILES string of the molecule is CC(C)CCCCCCNC(=O)COC1CCCCC/C(C(C)C)=C\1C(C)C. The van der Waals surface area contributed by atoms with Gasteiger partial charge in [0, 0.05) is 6.54 Å². The Morgan fingerprint density at radius 2 is 1.68 bits per heavy atom. The van der Waals surface area contributed by atoms with E-state index in [1.807, 2.05) is 0 Å². The van der Waals surface area contributed by atoms with Crippen molar-refractivity contribution in [1.29, 1.82) is 0 Å². The first-order chi connectivity index (χ1) is 13.3. The molecule has 3 nitrogen and oxygen atoms in total. The van der Waals surface area contributed by atoms with Crippen molar-refractivity contribution < 1.29 is 9.53 Å². The minimum Gasteiger partial charge on any atom is -0.364 e. The van der Waals surface area contributed by atoms with Gasteiger partial charge < -0.3 is 10.1 Å². The normalized spacial score (nSPS) is 21.2. The first kappa shape index (κ1) is 25.2. The number of rotatable bonds is 12. The molecule has 1 rings (SSSR count). The number of nitrogens with one attached hydrogen (secondary N) is 1. The molecule has 3 heteroatoms. The summed E-state index contributed by atoms with van der Waals surface area (Å²) in [6, 6.07) is 0. The van der Waals surface area contributed by atoms with Gasteiger partial charge in [0.15, 0.2) is 0 Å². The van der Waals surface area contributed by atoms with Gasteiger partial charge in [0.25, 0.3) is 0 Å². The minimum atomic E-state index is 0.0402. The molecule has 0 fully saturated rings. The molecule has 0 bridgehead atoms. The average molecular weight is 394 g/mol. The van der Waals surface area contributed by atoms with Crippen molar-refractivity contribution in [1.82, 2.24) is 5.32 Å². The maximum Gasteiger partial charge on any atom is 0.246 e. The fraction of sp³-hybridized carbons (Fsp3) is 0.880. The van der Waals surface area contributed by atoms with E-state index < -0.39 is 0 Å². The van der Waals surface area contributed by atoms with Crippen LogP contribution in [0.15, 0.2) is 11.1 Å². The smallest absolute Gasteiger partial charge is 0.246 e. The zero-order chi connectivity index (χ0) is 20.9. The monoisotopic (exact) mass is 393 g/mol. The molecule has 1 atom stereocenters. The van der Waals surface area contributed by atoms with E-state index in [2.05, 4.69) is 46.9 Å². The summed E-state index contributed by atoms with van der Waals surface area (Å²) >= 11 is 0. The summed E-state index contributed by atoms with van der Waals surface area (Å²) in [5, 5.41) is 3.05. The first-order valence-electron chi connectivity index (χ1n) is 11.9. The predicted molar refractivity (Wildman–Crippen MR) is 120 cm³/mol. The Kier molecular flexibility index (Phi) is 12.8. The van der Waals surface area contributed by atoms with Crippen LogP contribution in [-0.4, -0.2) is 25.2 Å². The van der Waals surface area contributed by atoms with Gasteiger partial charge in [0.1, 0.15) is 6.61 Å². The Hall–Kier alpha value is -0.830. The summed E-state index contributed by atoms with van der Waals surface area (Å²) in [7, 11) is 0. The van der Waals surface area contributed by atoms with Crippen molar-refractivity contribution >= 4 is 5.91 Å². The highest BCUT2D eigenvalue weighted by atomic mass is 16.5. The Bertz CT molecular complexity index is 465. The number of hydrogen-bond acceptors (Lipinski definition) is 2. The molecule has 0 spiro atoms. The minimum absolute atomic E-state index is 0.0402. The van der Waals surface area contributed by atoms with E-state index in [9.17, 15) is 4.79 Å². The van der Waals surface area contributed by atoms with Crippen molar-refractivity contribution in [3.05, 3.63) is 11.1 Å². The lowest BCUT2D eigenvalue weighted by Crippen LogP contribution is -2.32. The van der Waals surface area contributed by atoms with Crippen molar-refractivity contribution in [2.24, 2.45) is 17.8 Å². The Labute approximate surface area is 175 Å². The lowest BCUT2D eigenvalue weighted by atomic mass is 9.81. The third-order valence-electron chi connectivity index (χ3n) is 5.90. The van der Waals surface area contributed by atoms with E-state index in [0.717, 1.165) is 25.3 Å². The molecule has 164 valence electrons. The molecular formula is C25H47NO2. The number of carbonyl (C=O) groups is 1. The molecule has 0 heterocycles. The highest BCUT2D eigenvalue weighted by Crippen LogP contribution is 2.34. The molecule has 1 N–H and O–H groups in total. The molecule has 0 saturated heterocycles. The quantitative estimate of drug-likeness (QED) is 0.297. The van der Waals surface area contributed by atoms with Gasteiger partial charge in [-0.15, -0.1) is 0 Å². The van der Waals surface area contributed by atoms with Crippen LogP contribution in [0.1, 0.15) is 106 Å². The first-order valence-corrected chi connectivity index (χ1v) is 11.9. The molecule has 1 aliphatic carbocycles.